The number of aryl methyl sites for hydroxylation is 1. The van der Waals surface area contributed by atoms with Crippen LogP contribution in [-0.4, -0.2) is 30.3 Å². The Labute approximate surface area is 196 Å². The number of nitrogens with zero attached hydrogens (tertiary/aromatic N) is 3. The summed E-state index contributed by atoms with van der Waals surface area (Å²) < 4.78 is 33.2. The van der Waals surface area contributed by atoms with Gasteiger partial charge >= 0.3 is 5.97 Å². The first-order valence-corrected chi connectivity index (χ1v) is 11.6. The average molecular weight is 474 g/mol. The molecule has 9 heteroatoms. The number of carbonyl (C=O) groups is 2. The van der Waals surface area contributed by atoms with Crippen LogP contribution < -0.4 is 9.04 Å². The molecule has 170 valence electrons. The van der Waals surface area contributed by atoms with Crippen LogP contribution in [0.4, 0.5) is 5.69 Å². The monoisotopic (exact) mass is 473 g/mol. The summed E-state index contributed by atoms with van der Waals surface area (Å²) in [6, 6.07) is 18.0. The minimum atomic E-state index is -4.25. The molecule has 0 radical (unpaired) electrons. The van der Waals surface area contributed by atoms with E-state index in [1.54, 1.807) is 25.1 Å². The van der Waals surface area contributed by atoms with Gasteiger partial charge in [-0.25, -0.2) is 13.2 Å². The molecule has 4 rings (SSSR count). The van der Waals surface area contributed by atoms with Crippen molar-refractivity contribution in [2.45, 2.75) is 11.8 Å². The molecule has 0 aliphatic rings. The lowest BCUT2D eigenvalue weighted by molar-refractivity contribution is 0.0734. The van der Waals surface area contributed by atoms with E-state index in [0.717, 1.165) is 4.31 Å². The first-order chi connectivity index (χ1) is 16.4. The number of hydrogen-bond donors (Lipinski definition) is 0. The number of sulfonamides is 1. The van der Waals surface area contributed by atoms with Crippen molar-refractivity contribution in [1.82, 2.24) is 9.97 Å². The van der Waals surface area contributed by atoms with Gasteiger partial charge < -0.3 is 4.74 Å². The molecule has 34 heavy (non-hydrogen) atoms. The molecule has 0 atom stereocenters. The van der Waals surface area contributed by atoms with Gasteiger partial charge in [0, 0.05) is 30.4 Å². The zero-order valence-electron chi connectivity index (χ0n) is 18.0. The molecule has 0 aliphatic carbocycles. The Morgan fingerprint density at radius 1 is 0.794 bits per heavy atom. The van der Waals surface area contributed by atoms with Crippen molar-refractivity contribution in [1.29, 1.82) is 0 Å². The minimum absolute atomic E-state index is 0.0370. The Kier molecular flexibility index (Phi) is 6.46. The maximum atomic E-state index is 13.5. The maximum absolute atomic E-state index is 13.5. The van der Waals surface area contributed by atoms with Gasteiger partial charge in [0.2, 0.25) is 0 Å². The van der Waals surface area contributed by atoms with Crippen LogP contribution in [0.1, 0.15) is 26.3 Å². The largest absolute Gasteiger partial charge is 0.423 e. The highest BCUT2D eigenvalue weighted by atomic mass is 32.2. The van der Waals surface area contributed by atoms with Gasteiger partial charge in [-0.1, -0.05) is 18.2 Å². The van der Waals surface area contributed by atoms with Crippen LogP contribution >= 0.6 is 0 Å². The standard InChI is InChI=1S/C25H19N3O5S/c1-18-17-21(33-25(30)20-11-15-27-16-12-20)7-8-23(18)28(24(29)19-9-13-26-14-10-19)34(31,32)22-5-3-2-4-6-22/h2-17H,1H3. The maximum Gasteiger partial charge on any atom is 0.343 e. The van der Waals surface area contributed by atoms with Crippen molar-refractivity contribution in [2.24, 2.45) is 0 Å². The summed E-state index contributed by atoms with van der Waals surface area (Å²) in [4.78, 5) is 33.5. The zero-order chi connectivity index (χ0) is 24.1. The van der Waals surface area contributed by atoms with E-state index in [0.29, 0.717) is 11.1 Å². The second-order valence-electron chi connectivity index (χ2n) is 7.20. The van der Waals surface area contributed by atoms with Crippen LogP contribution in [0.2, 0.25) is 0 Å². The highest BCUT2D eigenvalue weighted by molar-refractivity contribution is 7.93. The van der Waals surface area contributed by atoms with Crippen molar-refractivity contribution in [3.05, 3.63) is 114 Å². The van der Waals surface area contributed by atoms with Crippen LogP contribution in [0.15, 0.2) is 102 Å². The number of hydrogen-bond acceptors (Lipinski definition) is 7. The van der Waals surface area contributed by atoms with Gasteiger partial charge in [0.25, 0.3) is 15.9 Å². The molecule has 2 aromatic carbocycles. The van der Waals surface area contributed by atoms with E-state index in [1.807, 2.05) is 0 Å². The SMILES string of the molecule is Cc1cc(OC(=O)c2ccncc2)ccc1N(C(=O)c1ccncc1)S(=O)(=O)c1ccccc1. The Morgan fingerprint density at radius 2 is 1.38 bits per heavy atom. The predicted molar refractivity (Wildman–Crippen MR) is 125 cm³/mol. The molecule has 0 unspecified atom stereocenters. The molecule has 0 saturated heterocycles. The Hall–Kier alpha value is -4.37. The zero-order valence-corrected chi connectivity index (χ0v) is 18.8. The van der Waals surface area contributed by atoms with Gasteiger partial charge in [-0.3, -0.25) is 14.8 Å². The van der Waals surface area contributed by atoms with Gasteiger partial charge in [0.15, 0.2) is 0 Å². The Bertz CT molecular complexity index is 1430. The molecule has 0 bridgehead atoms. The van der Waals surface area contributed by atoms with Crippen molar-refractivity contribution >= 4 is 27.6 Å². The number of amides is 1. The molecule has 2 aromatic heterocycles. The van der Waals surface area contributed by atoms with E-state index in [9.17, 15) is 18.0 Å². The molecule has 1 amide bonds. The fraction of sp³-hybridized carbons (Fsp3) is 0.0400. The number of esters is 1. The molecule has 0 aliphatic heterocycles. The molecule has 4 aromatic rings. The van der Waals surface area contributed by atoms with Gasteiger partial charge in [0.1, 0.15) is 5.75 Å². The summed E-state index contributed by atoms with van der Waals surface area (Å²) in [7, 11) is -4.25. The summed E-state index contributed by atoms with van der Waals surface area (Å²) in [6.45, 7) is 1.63. The van der Waals surface area contributed by atoms with Gasteiger partial charge in [-0.2, -0.15) is 4.31 Å². The second kappa shape index (κ2) is 9.63. The van der Waals surface area contributed by atoms with E-state index in [1.165, 1.54) is 79.4 Å². The van der Waals surface area contributed by atoms with Crippen molar-refractivity contribution in [3.63, 3.8) is 0 Å². The van der Waals surface area contributed by atoms with Crippen molar-refractivity contribution in [3.8, 4) is 5.75 Å². The molecule has 8 nitrogen and oxygen atoms in total. The highest BCUT2D eigenvalue weighted by Crippen LogP contribution is 2.31. The molecule has 0 N–H and O–H groups in total. The number of ether oxygens (including phenoxy) is 1. The van der Waals surface area contributed by atoms with Gasteiger partial charge in [-0.05, 0) is 67.1 Å². The molecule has 0 saturated carbocycles. The first kappa shape index (κ1) is 22.8. The van der Waals surface area contributed by atoms with E-state index >= 15 is 0 Å². The summed E-state index contributed by atoms with van der Waals surface area (Å²) in [5, 5.41) is 0. The van der Waals surface area contributed by atoms with Crippen LogP contribution in [0.25, 0.3) is 0 Å². The van der Waals surface area contributed by atoms with Crippen LogP contribution in [-0.2, 0) is 10.0 Å². The normalized spacial score (nSPS) is 11.0. The Morgan fingerprint density at radius 3 is 1.97 bits per heavy atom. The summed E-state index contributed by atoms with van der Waals surface area (Å²) >= 11 is 0. The van der Waals surface area contributed by atoms with Crippen LogP contribution in [0.5, 0.6) is 5.75 Å². The average Bonchev–Trinajstić information content (AvgIpc) is 2.87. The smallest absolute Gasteiger partial charge is 0.343 e. The molecular formula is C25H19N3O5S. The summed E-state index contributed by atoms with van der Waals surface area (Å²) in [5.41, 5.74) is 1.02. The number of carbonyl (C=O) groups excluding carboxylic acids is 2. The minimum Gasteiger partial charge on any atom is -0.423 e. The molecular weight excluding hydrogens is 454 g/mol. The Balaban J connectivity index is 1.74. The van der Waals surface area contributed by atoms with Crippen LogP contribution in [0.3, 0.4) is 0 Å². The number of rotatable bonds is 6. The molecule has 2 heterocycles. The van der Waals surface area contributed by atoms with E-state index < -0.39 is 21.9 Å². The number of anilines is 1. The van der Waals surface area contributed by atoms with Gasteiger partial charge in [0.05, 0.1) is 16.1 Å². The third kappa shape index (κ3) is 4.69. The van der Waals surface area contributed by atoms with Crippen molar-refractivity contribution in [2.75, 3.05) is 4.31 Å². The molecule has 0 fully saturated rings. The first-order valence-electron chi connectivity index (χ1n) is 10.2. The number of pyridine rings is 2. The fourth-order valence-electron chi connectivity index (χ4n) is 3.23. The molecule has 0 spiro atoms. The number of aromatic nitrogens is 2. The third-order valence-electron chi connectivity index (χ3n) is 4.91. The lowest BCUT2D eigenvalue weighted by atomic mass is 10.1. The predicted octanol–water partition coefficient (Wildman–Crippen LogP) is 4.04. The van der Waals surface area contributed by atoms with Crippen molar-refractivity contribution < 1.29 is 22.7 Å². The lowest BCUT2D eigenvalue weighted by Crippen LogP contribution is -2.37. The topological polar surface area (TPSA) is 107 Å². The van der Waals surface area contributed by atoms with Crippen LogP contribution in [0, 0.1) is 6.92 Å². The second-order valence-corrected chi connectivity index (χ2v) is 8.98. The van der Waals surface area contributed by atoms with E-state index in [4.69, 9.17) is 4.74 Å². The quantitative estimate of drug-likeness (QED) is 0.307. The highest BCUT2D eigenvalue weighted by Gasteiger charge is 2.33. The van der Waals surface area contributed by atoms with E-state index in [2.05, 4.69) is 9.97 Å². The van der Waals surface area contributed by atoms with E-state index in [-0.39, 0.29) is 21.9 Å². The number of benzene rings is 2. The fourth-order valence-corrected chi connectivity index (χ4v) is 4.73. The summed E-state index contributed by atoms with van der Waals surface area (Å²) in [6.07, 6.45) is 5.77. The third-order valence-corrected chi connectivity index (χ3v) is 6.62. The van der Waals surface area contributed by atoms with Gasteiger partial charge in [-0.15, -0.1) is 0 Å². The summed E-state index contributed by atoms with van der Waals surface area (Å²) in [5.74, 6) is -1.12. The lowest BCUT2D eigenvalue weighted by Gasteiger charge is -2.24.